The normalized spacial score (nSPS) is 13.1. The minimum Gasteiger partial charge on any atom is -0.368 e. The molecule has 0 fully saturated rings. The van der Waals surface area contributed by atoms with Crippen molar-refractivity contribution in [2.75, 3.05) is 0 Å². The molecule has 4 aromatic carbocycles. The van der Waals surface area contributed by atoms with Gasteiger partial charge in [-0.15, -0.1) is 0 Å². The van der Waals surface area contributed by atoms with Crippen LogP contribution in [0.5, 0.6) is 0 Å². The van der Waals surface area contributed by atoms with Crippen molar-refractivity contribution in [3.63, 3.8) is 0 Å². The van der Waals surface area contributed by atoms with Crippen LogP contribution in [0.1, 0.15) is 27.4 Å². The second-order valence-corrected chi connectivity index (χ2v) is 7.95. The monoisotopic (exact) mass is 418 g/mol. The minimum absolute atomic E-state index is 0.324. The molecule has 0 radical (unpaired) electrons. The maximum Gasteiger partial charge on any atom is 0.251 e. The quantitative estimate of drug-likeness (QED) is 0.491. The van der Waals surface area contributed by atoms with Gasteiger partial charge in [-0.2, -0.15) is 0 Å². The molecule has 0 unspecified atom stereocenters. The van der Waals surface area contributed by atoms with E-state index < -0.39 is 11.9 Å². The van der Waals surface area contributed by atoms with Gasteiger partial charge in [0.1, 0.15) is 6.04 Å². The minimum atomic E-state index is -0.860. The van der Waals surface area contributed by atoms with Gasteiger partial charge in [0.2, 0.25) is 5.91 Å². The highest BCUT2D eigenvalue weighted by molar-refractivity contribution is 5.99. The molecule has 3 N–H and O–H groups in total. The zero-order valence-corrected chi connectivity index (χ0v) is 17.4. The Kier molecular flexibility index (Phi) is 5.04. The fraction of sp³-hybridized carbons (Fsp3) is 0.0714. The van der Waals surface area contributed by atoms with Crippen molar-refractivity contribution in [3.8, 4) is 22.3 Å². The van der Waals surface area contributed by atoms with E-state index in [2.05, 4.69) is 5.32 Å². The topological polar surface area (TPSA) is 72.2 Å². The van der Waals surface area contributed by atoms with Crippen molar-refractivity contribution in [3.05, 3.63) is 120 Å². The summed E-state index contributed by atoms with van der Waals surface area (Å²) in [5.74, 6) is -1.21. The number of fused-ring (bicyclic) bond motifs is 3. The van der Waals surface area contributed by atoms with E-state index in [1.165, 1.54) is 0 Å². The van der Waals surface area contributed by atoms with E-state index in [9.17, 15) is 9.59 Å². The number of carbonyl (C=O) groups excluding carboxylic acids is 2. The van der Waals surface area contributed by atoms with Crippen LogP contribution in [0.4, 0.5) is 0 Å². The molecule has 32 heavy (non-hydrogen) atoms. The molecule has 0 bridgehead atoms. The van der Waals surface area contributed by atoms with Crippen LogP contribution in [0, 0.1) is 0 Å². The van der Waals surface area contributed by atoms with Gasteiger partial charge in [-0.05, 0) is 45.5 Å². The lowest BCUT2D eigenvalue weighted by Crippen LogP contribution is -2.48. The van der Waals surface area contributed by atoms with Gasteiger partial charge in [0, 0.05) is 11.5 Å². The third-order valence-corrected chi connectivity index (χ3v) is 6.06. The van der Waals surface area contributed by atoms with E-state index in [1.54, 1.807) is 12.1 Å². The second-order valence-electron chi connectivity index (χ2n) is 7.95. The predicted octanol–water partition coefficient (Wildman–Crippen LogP) is 4.75. The first kappa shape index (κ1) is 19.8. The summed E-state index contributed by atoms with van der Waals surface area (Å²) in [7, 11) is 0. The molecule has 0 saturated carbocycles. The zero-order valence-electron chi connectivity index (χ0n) is 17.4. The third kappa shape index (κ3) is 3.46. The van der Waals surface area contributed by atoms with Crippen molar-refractivity contribution in [1.29, 1.82) is 0 Å². The number of hydrogen-bond acceptors (Lipinski definition) is 2. The molecular weight excluding hydrogens is 396 g/mol. The molecule has 4 heteroatoms. The molecule has 5 rings (SSSR count). The second kappa shape index (κ2) is 8.16. The Labute approximate surface area is 186 Å². The maximum absolute atomic E-state index is 13.1. The lowest BCUT2D eigenvalue weighted by Gasteiger charge is -2.24. The first-order chi connectivity index (χ1) is 15.6. The smallest absolute Gasteiger partial charge is 0.251 e. The van der Waals surface area contributed by atoms with E-state index in [0.717, 1.165) is 33.4 Å². The molecule has 4 nitrogen and oxygen atoms in total. The summed E-state index contributed by atoms with van der Waals surface area (Å²) in [4.78, 5) is 25.6. The summed E-state index contributed by atoms with van der Waals surface area (Å²) in [6, 6.07) is 32.4. The van der Waals surface area contributed by atoms with Crippen LogP contribution in [0.2, 0.25) is 0 Å². The highest BCUT2D eigenvalue weighted by atomic mass is 16.2. The van der Waals surface area contributed by atoms with Crippen LogP contribution in [0.25, 0.3) is 22.3 Å². The molecule has 0 aromatic heterocycles. The summed E-state index contributed by atoms with van der Waals surface area (Å²) in [5, 5.41) is 2.90. The Bertz CT molecular complexity index is 1250. The highest BCUT2D eigenvalue weighted by Crippen LogP contribution is 2.46. The number of carbonyl (C=O) groups is 2. The van der Waals surface area contributed by atoms with Crippen LogP contribution in [-0.2, 0) is 4.79 Å². The fourth-order valence-corrected chi connectivity index (χ4v) is 4.54. The Balaban J connectivity index is 1.45. The number of hydrogen-bond donors (Lipinski definition) is 2. The van der Waals surface area contributed by atoms with Crippen LogP contribution in [0.15, 0.2) is 103 Å². The number of amides is 2. The Hall–Kier alpha value is -4.18. The number of nitrogens with two attached hydrogens (primary N) is 1. The maximum atomic E-state index is 13.1. The Morgan fingerprint density at radius 2 is 1.16 bits per heavy atom. The molecule has 0 spiro atoms. The van der Waals surface area contributed by atoms with Crippen molar-refractivity contribution >= 4 is 11.8 Å². The van der Waals surface area contributed by atoms with E-state index in [4.69, 9.17) is 5.73 Å². The van der Waals surface area contributed by atoms with E-state index in [-0.39, 0.29) is 11.8 Å². The van der Waals surface area contributed by atoms with Crippen LogP contribution in [0.3, 0.4) is 0 Å². The van der Waals surface area contributed by atoms with Crippen molar-refractivity contribution in [2.24, 2.45) is 5.73 Å². The van der Waals surface area contributed by atoms with Gasteiger partial charge in [-0.3, -0.25) is 9.59 Å². The number of benzene rings is 4. The average Bonchev–Trinajstić information content (AvgIpc) is 3.17. The number of rotatable bonds is 5. The van der Waals surface area contributed by atoms with Gasteiger partial charge < -0.3 is 11.1 Å². The van der Waals surface area contributed by atoms with Crippen LogP contribution in [-0.4, -0.2) is 17.9 Å². The van der Waals surface area contributed by atoms with Gasteiger partial charge in [0.05, 0.1) is 0 Å². The summed E-state index contributed by atoms with van der Waals surface area (Å²) in [5.41, 5.74) is 12.5. The van der Waals surface area contributed by atoms with E-state index in [0.29, 0.717) is 5.56 Å². The van der Waals surface area contributed by atoms with E-state index >= 15 is 0 Å². The third-order valence-electron chi connectivity index (χ3n) is 6.06. The van der Waals surface area contributed by atoms with Crippen LogP contribution >= 0.6 is 0 Å². The zero-order chi connectivity index (χ0) is 22.1. The SMILES string of the molecule is NC(=O)[C@@H](NC(=O)c1ccc(-c2ccccc2)cc1)C1c2ccccc2-c2ccccc21. The first-order valence-electron chi connectivity index (χ1n) is 10.6. The molecular formula is C28H22N2O2. The van der Waals surface area contributed by atoms with Gasteiger partial charge >= 0.3 is 0 Å². The van der Waals surface area contributed by atoms with Crippen LogP contribution < -0.4 is 11.1 Å². The highest BCUT2D eigenvalue weighted by Gasteiger charge is 2.37. The molecule has 1 aliphatic rings. The number of nitrogens with one attached hydrogen (secondary N) is 1. The predicted molar refractivity (Wildman–Crippen MR) is 126 cm³/mol. The lowest BCUT2D eigenvalue weighted by molar-refractivity contribution is -0.120. The lowest BCUT2D eigenvalue weighted by atomic mass is 9.88. The molecule has 0 saturated heterocycles. The summed E-state index contributed by atoms with van der Waals surface area (Å²) in [6.45, 7) is 0. The summed E-state index contributed by atoms with van der Waals surface area (Å²) in [6.07, 6.45) is 0. The van der Waals surface area contributed by atoms with Crippen molar-refractivity contribution < 1.29 is 9.59 Å². The molecule has 4 aromatic rings. The van der Waals surface area contributed by atoms with Crippen molar-refractivity contribution in [2.45, 2.75) is 12.0 Å². The molecule has 0 aliphatic heterocycles. The molecule has 0 heterocycles. The Morgan fingerprint density at radius 1 is 0.656 bits per heavy atom. The van der Waals surface area contributed by atoms with Gasteiger partial charge in [0.25, 0.3) is 5.91 Å². The average molecular weight is 418 g/mol. The molecule has 156 valence electrons. The van der Waals surface area contributed by atoms with Gasteiger partial charge in [-0.25, -0.2) is 0 Å². The fourth-order valence-electron chi connectivity index (χ4n) is 4.54. The van der Waals surface area contributed by atoms with Gasteiger partial charge in [-0.1, -0.05) is 91.0 Å². The molecule has 1 aliphatic carbocycles. The molecule has 1 atom stereocenters. The van der Waals surface area contributed by atoms with Gasteiger partial charge in [0.15, 0.2) is 0 Å². The van der Waals surface area contributed by atoms with E-state index in [1.807, 2.05) is 91.0 Å². The first-order valence-corrected chi connectivity index (χ1v) is 10.6. The summed E-state index contributed by atoms with van der Waals surface area (Å²) >= 11 is 0. The largest absolute Gasteiger partial charge is 0.368 e. The van der Waals surface area contributed by atoms with Crippen molar-refractivity contribution in [1.82, 2.24) is 5.32 Å². The number of primary amides is 1. The standard InChI is InChI=1S/C28H22N2O2/c29-27(31)26(25-23-12-6-4-10-21(23)22-11-5-7-13-24(22)25)30-28(32)20-16-14-19(15-17-20)18-8-2-1-3-9-18/h1-17,25-26H,(H2,29,31)(H,30,32)/t26-/m0/s1. The Morgan fingerprint density at radius 3 is 1.72 bits per heavy atom. The summed E-state index contributed by atoms with van der Waals surface area (Å²) < 4.78 is 0. The molecule has 2 amide bonds.